The molecule has 0 spiro atoms. The van der Waals surface area contributed by atoms with E-state index < -0.39 is 0 Å². The van der Waals surface area contributed by atoms with Gasteiger partial charge in [0.25, 0.3) is 5.89 Å². The van der Waals surface area contributed by atoms with Crippen molar-refractivity contribution in [2.45, 2.75) is 38.8 Å². The SMILES string of the molecule is Cc1nn(C)cc1CN1CCC(OCCc2noc(-c3ccccc3)n2)CC1. The van der Waals surface area contributed by atoms with Crippen LogP contribution in [-0.4, -0.2) is 50.6 Å². The molecule has 7 nitrogen and oxygen atoms in total. The minimum Gasteiger partial charge on any atom is -0.378 e. The summed E-state index contributed by atoms with van der Waals surface area (Å²) >= 11 is 0. The maximum atomic E-state index is 6.06. The Bertz CT molecular complexity index is 881. The Morgan fingerprint density at radius 3 is 2.68 bits per heavy atom. The Labute approximate surface area is 165 Å². The molecule has 1 fully saturated rings. The lowest BCUT2D eigenvalue weighted by Crippen LogP contribution is -2.36. The second-order valence-corrected chi connectivity index (χ2v) is 7.39. The Morgan fingerprint density at radius 2 is 1.96 bits per heavy atom. The third-order valence-corrected chi connectivity index (χ3v) is 5.21. The minimum absolute atomic E-state index is 0.312. The second kappa shape index (κ2) is 8.67. The van der Waals surface area contributed by atoms with Crippen LogP contribution in [-0.2, 0) is 24.8 Å². The molecule has 28 heavy (non-hydrogen) atoms. The van der Waals surface area contributed by atoms with Crippen LogP contribution in [0.3, 0.4) is 0 Å². The first kappa shape index (κ1) is 18.8. The van der Waals surface area contributed by atoms with Gasteiger partial charge in [-0.25, -0.2) is 0 Å². The van der Waals surface area contributed by atoms with Crippen LogP contribution in [0.5, 0.6) is 0 Å². The standard InChI is InChI=1S/C21H27N5O2/c1-16-18(14-25(2)23-16)15-26-11-8-19(9-12-26)27-13-10-20-22-21(28-24-20)17-6-4-3-5-7-17/h3-7,14,19H,8-13,15H2,1-2H3. The molecule has 0 bridgehead atoms. The quantitative estimate of drug-likeness (QED) is 0.627. The van der Waals surface area contributed by atoms with Crippen LogP contribution in [0, 0.1) is 6.92 Å². The van der Waals surface area contributed by atoms with E-state index in [1.54, 1.807) is 0 Å². The van der Waals surface area contributed by atoms with Gasteiger partial charge in [0.1, 0.15) is 0 Å². The maximum absolute atomic E-state index is 6.06. The minimum atomic E-state index is 0.312. The van der Waals surface area contributed by atoms with Crippen molar-refractivity contribution in [3.8, 4) is 11.5 Å². The predicted molar refractivity (Wildman–Crippen MR) is 106 cm³/mol. The number of hydrogen-bond donors (Lipinski definition) is 0. The number of likely N-dealkylation sites (tertiary alicyclic amines) is 1. The fraction of sp³-hybridized carbons (Fsp3) is 0.476. The van der Waals surface area contributed by atoms with Crippen LogP contribution in [0.25, 0.3) is 11.5 Å². The van der Waals surface area contributed by atoms with Gasteiger partial charge in [-0.1, -0.05) is 23.4 Å². The van der Waals surface area contributed by atoms with Crippen LogP contribution in [0.15, 0.2) is 41.1 Å². The molecule has 148 valence electrons. The van der Waals surface area contributed by atoms with Crippen LogP contribution in [0.1, 0.15) is 29.9 Å². The Morgan fingerprint density at radius 1 is 1.18 bits per heavy atom. The number of nitrogens with zero attached hydrogens (tertiary/aromatic N) is 5. The molecule has 0 aliphatic carbocycles. The molecular formula is C21H27N5O2. The topological polar surface area (TPSA) is 69.2 Å². The van der Waals surface area contributed by atoms with Crippen molar-refractivity contribution in [1.82, 2.24) is 24.8 Å². The van der Waals surface area contributed by atoms with Gasteiger partial charge in [-0.05, 0) is 31.9 Å². The van der Waals surface area contributed by atoms with Gasteiger partial charge in [-0.3, -0.25) is 9.58 Å². The van der Waals surface area contributed by atoms with Crippen molar-refractivity contribution in [2.75, 3.05) is 19.7 Å². The third-order valence-electron chi connectivity index (χ3n) is 5.21. The summed E-state index contributed by atoms with van der Waals surface area (Å²) in [5.41, 5.74) is 3.38. The molecule has 1 aliphatic heterocycles. The van der Waals surface area contributed by atoms with Crippen molar-refractivity contribution in [3.05, 3.63) is 53.6 Å². The summed E-state index contributed by atoms with van der Waals surface area (Å²) in [5, 5.41) is 8.49. The van der Waals surface area contributed by atoms with E-state index in [0.29, 0.717) is 30.8 Å². The van der Waals surface area contributed by atoms with Crippen LogP contribution in [0.4, 0.5) is 0 Å². The van der Waals surface area contributed by atoms with E-state index in [9.17, 15) is 0 Å². The van der Waals surface area contributed by atoms with E-state index in [4.69, 9.17) is 9.26 Å². The smallest absolute Gasteiger partial charge is 0.257 e. The van der Waals surface area contributed by atoms with Gasteiger partial charge in [0.05, 0.1) is 18.4 Å². The molecule has 1 aliphatic rings. The molecule has 0 amide bonds. The van der Waals surface area contributed by atoms with Crippen LogP contribution < -0.4 is 0 Å². The average Bonchev–Trinajstić information content (AvgIpc) is 3.30. The summed E-state index contributed by atoms with van der Waals surface area (Å²) < 4.78 is 13.3. The molecule has 3 aromatic rings. The highest BCUT2D eigenvalue weighted by Gasteiger charge is 2.21. The molecular weight excluding hydrogens is 354 g/mol. The number of piperidine rings is 1. The lowest BCUT2D eigenvalue weighted by molar-refractivity contribution is 0.00673. The van der Waals surface area contributed by atoms with Gasteiger partial charge in [0.2, 0.25) is 0 Å². The molecule has 7 heteroatoms. The fourth-order valence-electron chi connectivity index (χ4n) is 3.65. The first-order valence-electron chi connectivity index (χ1n) is 9.88. The largest absolute Gasteiger partial charge is 0.378 e. The first-order valence-corrected chi connectivity index (χ1v) is 9.88. The zero-order valence-corrected chi connectivity index (χ0v) is 16.5. The Kier molecular flexibility index (Phi) is 5.83. The second-order valence-electron chi connectivity index (χ2n) is 7.39. The number of rotatable bonds is 7. The molecule has 0 saturated carbocycles. The number of ether oxygens (including phenoxy) is 1. The molecule has 3 heterocycles. The monoisotopic (exact) mass is 381 g/mol. The highest BCUT2D eigenvalue weighted by Crippen LogP contribution is 2.19. The maximum Gasteiger partial charge on any atom is 0.257 e. The van der Waals surface area contributed by atoms with E-state index >= 15 is 0 Å². The molecule has 1 saturated heterocycles. The third kappa shape index (κ3) is 4.66. The Balaban J connectivity index is 1.19. The van der Waals surface area contributed by atoms with Gasteiger partial charge in [0, 0.05) is 50.4 Å². The zero-order chi connectivity index (χ0) is 19.3. The highest BCUT2D eigenvalue weighted by molar-refractivity contribution is 5.51. The van der Waals surface area contributed by atoms with Crippen LogP contribution in [0.2, 0.25) is 0 Å². The number of benzene rings is 1. The van der Waals surface area contributed by atoms with E-state index in [0.717, 1.165) is 43.7 Å². The molecule has 0 unspecified atom stereocenters. The number of hydrogen-bond acceptors (Lipinski definition) is 6. The summed E-state index contributed by atoms with van der Waals surface area (Å²) in [4.78, 5) is 6.94. The molecule has 0 N–H and O–H groups in total. The summed E-state index contributed by atoms with van der Waals surface area (Å²) in [5.74, 6) is 1.26. The molecule has 2 aromatic heterocycles. The van der Waals surface area contributed by atoms with Gasteiger partial charge >= 0.3 is 0 Å². The van der Waals surface area contributed by atoms with Crippen molar-refractivity contribution >= 4 is 0 Å². The van der Waals surface area contributed by atoms with Gasteiger partial charge in [-0.15, -0.1) is 0 Å². The van der Waals surface area contributed by atoms with Gasteiger partial charge in [-0.2, -0.15) is 10.1 Å². The average molecular weight is 381 g/mol. The molecule has 1 aromatic carbocycles. The van der Waals surface area contributed by atoms with Crippen molar-refractivity contribution in [1.29, 1.82) is 0 Å². The van der Waals surface area contributed by atoms with Crippen molar-refractivity contribution in [3.63, 3.8) is 0 Å². The molecule has 4 rings (SSSR count). The predicted octanol–water partition coefficient (Wildman–Crippen LogP) is 3.00. The lowest BCUT2D eigenvalue weighted by Gasteiger charge is -2.31. The van der Waals surface area contributed by atoms with Gasteiger partial charge < -0.3 is 9.26 Å². The number of aryl methyl sites for hydroxylation is 2. The van der Waals surface area contributed by atoms with Gasteiger partial charge in [0.15, 0.2) is 5.82 Å². The fourth-order valence-corrected chi connectivity index (χ4v) is 3.65. The lowest BCUT2D eigenvalue weighted by atomic mass is 10.1. The van der Waals surface area contributed by atoms with Crippen molar-refractivity contribution in [2.24, 2.45) is 7.05 Å². The first-order chi connectivity index (χ1) is 13.7. The highest BCUT2D eigenvalue weighted by atomic mass is 16.5. The number of aromatic nitrogens is 4. The normalized spacial score (nSPS) is 15.9. The molecule has 0 radical (unpaired) electrons. The summed E-state index contributed by atoms with van der Waals surface area (Å²) in [6.45, 7) is 5.78. The zero-order valence-electron chi connectivity index (χ0n) is 16.5. The molecule has 0 atom stereocenters. The summed E-state index contributed by atoms with van der Waals surface area (Å²) in [7, 11) is 1.98. The van der Waals surface area contributed by atoms with E-state index in [1.807, 2.05) is 42.1 Å². The summed E-state index contributed by atoms with van der Waals surface area (Å²) in [6.07, 6.45) is 5.21. The van der Waals surface area contributed by atoms with Crippen molar-refractivity contribution < 1.29 is 9.26 Å². The Hall–Kier alpha value is -2.51. The summed E-state index contributed by atoms with van der Waals surface area (Å²) in [6, 6.07) is 9.83. The van der Waals surface area contributed by atoms with E-state index in [1.165, 1.54) is 5.56 Å². The van der Waals surface area contributed by atoms with Crippen LogP contribution >= 0.6 is 0 Å². The van der Waals surface area contributed by atoms with E-state index in [-0.39, 0.29) is 0 Å². The van der Waals surface area contributed by atoms with E-state index in [2.05, 4.69) is 33.3 Å².